The predicted molar refractivity (Wildman–Crippen MR) is 166 cm³/mol. The van der Waals surface area contributed by atoms with Crippen molar-refractivity contribution >= 4 is 35.3 Å². The molecule has 1 aliphatic heterocycles. The zero-order chi connectivity index (χ0) is 31.3. The van der Waals surface area contributed by atoms with Crippen LogP contribution in [-0.2, 0) is 26.2 Å². The van der Waals surface area contributed by atoms with Gasteiger partial charge in [-0.2, -0.15) is 5.10 Å². The number of aryl methyl sites for hydroxylation is 1. The molecular formula is C35H28N4O6. The molecule has 2 bridgehead atoms. The summed E-state index contributed by atoms with van der Waals surface area (Å²) in [5.74, 6) is -3.18. The number of amides is 3. The summed E-state index contributed by atoms with van der Waals surface area (Å²) in [6.07, 6.45) is 2.38. The molecule has 0 radical (unpaired) electrons. The van der Waals surface area contributed by atoms with Gasteiger partial charge >= 0.3 is 0 Å². The van der Waals surface area contributed by atoms with Gasteiger partial charge in [0.2, 0.25) is 17.7 Å². The Morgan fingerprint density at radius 1 is 0.956 bits per heavy atom. The number of anilines is 1. The van der Waals surface area contributed by atoms with Crippen LogP contribution in [0.3, 0.4) is 0 Å². The topological polar surface area (TPSA) is 131 Å². The molecule has 0 aromatic heterocycles. The van der Waals surface area contributed by atoms with Crippen molar-refractivity contribution < 1.29 is 24.0 Å². The van der Waals surface area contributed by atoms with E-state index < -0.39 is 39.9 Å². The number of nitro groups is 1. The Morgan fingerprint density at radius 3 is 2.24 bits per heavy atom. The third kappa shape index (κ3) is 4.24. The number of ether oxygens (including phenoxy) is 1. The number of nitrogens with one attached hydrogen (secondary N) is 1. The van der Waals surface area contributed by atoms with Gasteiger partial charge in [0.05, 0.1) is 41.0 Å². The van der Waals surface area contributed by atoms with Gasteiger partial charge in [0.15, 0.2) is 0 Å². The van der Waals surface area contributed by atoms with E-state index in [-0.39, 0.29) is 29.5 Å². The SMILES string of the molecule is COc1cc([N+](=O)[O-])ccc1N1C(=O)[C@@H]2[C@@H](C1=O)C1c3ccccc3C2(/C=N\NC(=O)CCc2ccccc2)c2ccccc21. The average molecular weight is 601 g/mol. The first kappa shape index (κ1) is 28.1. The van der Waals surface area contributed by atoms with E-state index in [0.717, 1.165) is 32.7 Å². The van der Waals surface area contributed by atoms with Crippen LogP contribution in [-0.4, -0.2) is 36.0 Å². The van der Waals surface area contributed by atoms with Gasteiger partial charge in [-0.15, -0.1) is 0 Å². The fraction of sp³-hybridized carbons (Fsp3) is 0.200. The Bertz CT molecular complexity index is 1860. The van der Waals surface area contributed by atoms with Crippen LogP contribution >= 0.6 is 0 Å². The van der Waals surface area contributed by atoms with Crippen molar-refractivity contribution in [3.8, 4) is 5.75 Å². The van der Waals surface area contributed by atoms with Gasteiger partial charge < -0.3 is 4.74 Å². The van der Waals surface area contributed by atoms with Crippen LogP contribution in [0.15, 0.2) is 102 Å². The molecule has 0 spiro atoms. The normalized spacial score (nSPS) is 22.6. The minimum absolute atomic E-state index is 0.0420. The predicted octanol–water partition coefficient (Wildman–Crippen LogP) is 4.89. The molecule has 3 amide bonds. The van der Waals surface area contributed by atoms with E-state index in [2.05, 4.69) is 10.5 Å². The van der Waals surface area contributed by atoms with Gasteiger partial charge in [-0.05, 0) is 40.3 Å². The Balaban J connectivity index is 1.32. The van der Waals surface area contributed by atoms with E-state index in [1.807, 2.05) is 78.9 Å². The number of non-ortho nitro benzene ring substituents is 1. The number of imide groups is 1. The minimum Gasteiger partial charge on any atom is -0.494 e. The number of hydrazone groups is 1. The van der Waals surface area contributed by atoms with Crippen molar-refractivity contribution in [2.24, 2.45) is 16.9 Å². The third-order valence-corrected chi connectivity index (χ3v) is 9.24. The standard InChI is InChI=1S/C35H28N4O6/c1-45-28-19-22(39(43)44)16-17-27(28)38-33(41)31-30-23-11-5-7-13-25(23)35(32(31)34(38)42,26-14-8-6-12-24(26)30)20-36-37-29(40)18-15-21-9-3-2-4-10-21/h2-14,16-17,19-20,30-32H,15,18H2,1H3,(H,37,40)/b36-20-/t30?,31-,32-,35?/m0/s1. The first-order valence-corrected chi connectivity index (χ1v) is 14.6. The van der Waals surface area contributed by atoms with E-state index in [1.165, 1.54) is 25.3 Å². The molecule has 1 fully saturated rings. The molecule has 8 rings (SSSR count). The minimum atomic E-state index is -1.17. The van der Waals surface area contributed by atoms with Gasteiger partial charge in [-0.25, -0.2) is 10.3 Å². The zero-order valence-electron chi connectivity index (χ0n) is 24.3. The number of nitro benzene ring substituents is 1. The smallest absolute Gasteiger partial charge is 0.273 e. The second-order valence-electron chi connectivity index (χ2n) is 11.4. The monoisotopic (exact) mass is 600 g/mol. The fourth-order valence-corrected chi connectivity index (χ4v) is 7.42. The molecule has 10 heteroatoms. The highest BCUT2D eigenvalue weighted by Gasteiger charge is 2.68. The molecule has 1 heterocycles. The molecular weight excluding hydrogens is 572 g/mol. The lowest BCUT2D eigenvalue weighted by molar-refractivity contribution is -0.384. The van der Waals surface area contributed by atoms with Gasteiger partial charge in [0, 0.05) is 24.6 Å². The van der Waals surface area contributed by atoms with Crippen molar-refractivity contribution in [3.05, 3.63) is 135 Å². The van der Waals surface area contributed by atoms with Gasteiger partial charge in [0.1, 0.15) is 5.75 Å². The summed E-state index contributed by atoms with van der Waals surface area (Å²) in [4.78, 5) is 53.8. The van der Waals surface area contributed by atoms with Crippen LogP contribution < -0.4 is 15.1 Å². The summed E-state index contributed by atoms with van der Waals surface area (Å²) in [7, 11) is 1.34. The summed E-state index contributed by atoms with van der Waals surface area (Å²) in [5.41, 5.74) is 5.95. The average Bonchev–Trinajstić information content (AvgIpc) is 3.34. The van der Waals surface area contributed by atoms with Gasteiger partial charge in [-0.1, -0.05) is 78.9 Å². The summed E-state index contributed by atoms with van der Waals surface area (Å²) in [6.45, 7) is 0. The molecule has 10 nitrogen and oxygen atoms in total. The number of rotatable bonds is 8. The molecule has 4 aromatic carbocycles. The lowest BCUT2D eigenvalue weighted by Crippen LogP contribution is -2.54. The van der Waals surface area contributed by atoms with Crippen molar-refractivity contribution in [2.75, 3.05) is 12.0 Å². The molecule has 45 heavy (non-hydrogen) atoms. The highest BCUT2D eigenvalue weighted by molar-refractivity contribution is 6.25. The molecule has 0 saturated carbocycles. The molecule has 1 N–H and O–H groups in total. The van der Waals surface area contributed by atoms with E-state index in [1.54, 1.807) is 6.21 Å². The van der Waals surface area contributed by atoms with Crippen LogP contribution in [0.1, 0.15) is 40.2 Å². The van der Waals surface area contributed by atoms with E-state index >= 15 is 0 Å². The lowest BCUT2D eigenvalue weighted by atomic mass is 9.47. The molecule has 224 valence electrons. The van der Waals surface area contributed by atoms with Gasteiger partial charge in [0.25, 0.3) is 5.69 Å². The summed E-state index contributed by atoms with van der Waals surface area (Å²) < 4.78 is 5.44. The zero-order valence-corrected chi connectivity index (χ0v) is 24.3. The maximum absolute atomic E-state index is 14.6. The number of hydrogen-bond donors (Lipinski definition) is 1. The molecule has 2 atom stereocenters. The molecule has 0 unspecified atom stereocenters. The Hall–Kier alpha value is -5.64. The summed E-state index contributed by atoms with van der Waals surface area (Å²) >= 11 is 0. The van der Waals surface area contributed by atoms with Gasteiger partial charge in [-0.3, -0.25) is 24.5 Å². The number of hydrogen-bond acceptors (Lipinski definition) is 7. The van der Waals surface area contributed by atoms with Crippen LogP contribution in [0.2, 0.25) is 0 Å². The lowest BCUT2D eigenvalue weighted by Gasteiger charge is -2.52. The quantitative estimate of drug-likeness (QED) is 0.133. The van der Waals surface area contributed by atoms with Crippen molar-refractivity contribution in [2.45, 2.75) is 24.2 Å². The highest BCUT2D eigenvalue weighted by atomic mass is 16.6. The fourth-order valence-electron chi connectivity index (χ4n) is 7.42. The van der Waals surface area contributed by atoms with Crippen molar-refractivity contribution in [3.63, 3.8) is 0 Å². The summed E-state index contributed by atoms with van der Waals surface area (Å²) in [6, 6.07) is 29.0. The van der Waals surface area contributed by atoms with E-state index in [0.29, 0.717) is 6.42 Å². The van der Waals surface area contributed by atoms with Crippen LogP contribution in [0, 0.1) is 22.0 Å². The maximum Gasteiger partial charge on any atom is 0.273 e. The van der Waals surface area contributed by atoms with Crippen LogP contribution in [0.4, 0.5) is 11.4 Å². The molecule has 4 aromatic rings. The molecule has 1 saturated heterocycles. The Kier molecular flexibility index (Phi) is 6.77. The van der Waals surface area contributed by atoms with Crippen LogP contribution in [0.5, 0.6) is 5.75 Å². The number of carbonyl (C=O) groups excluding carboxylic acids is 3. The summed E-state index contributed by atoms with van der Waals surface area (Å²) in [5, 5.41) is 15.9. The number of benzene rings is 4. The first-order chi connectivity index (χ1) is 21.9. The largest absolute Gasteiger partial charge is 0.494 e. The number of methoxy groups -OCH3 is 1. The second kappa shape index (κ2) is 10.8. The Labute approximate surface area is 258 Å². The van der Waals surface area contributed by atoms with Crippen molar-refractivity contribution in [1.29, 1.82) is 0 Å². The molecule has 4 aliphatic rings. The van der Waals surface area contributed by atoms with E-state index in [4.69, 9.17) is 4.74 Å². The number of carbonyl (C=O) groups is 3. The third-order valence-electron chi connectivity index (χ3n) is 9.24. The second-order valence-corrected chi connectivity index (χ2v) is 11.4. The Morgan fingerprint density at radius 2 is 1.60 bits per heavy atom. The van der Waals surface area contributed by atoms with Crippen molar-refractivity contribution in [1.82, 2.24) is 5.43 Å². The molecule has 3 aliphatic carbocycles. The number of nitrogens with zero attached hydrogens (tertiary/aromatic N) is 3. The highest BCUT2D eigenvalue weighted by Crippen LogP contribution is 2.64. The first-order valence-electron chi connectivity index (χ1n) is 14.6. The maximum atomic E-state index is 14.6. The van der Waals surface area contributed by atoms with Crippen LogP contribution in [0.25, 0.3) is 0 Å². The van der Waals surface area contributed by atoms with E-state index in [9.17, 15) is 24.5 Å².